The van der Waals surface area contributed by atoms with Crippen molar-refractivity contribution in [3.05, 3.63) is 48.0 Å². The Kier molecular flexibility index (Phi) is 5.28. The van der Waals surface area contributed by atoms with Crippen LogP contribution in [0.5, 0.6) is 5.75 Å². The molecule has 7 nitrogen and oxygen atoms in total. The van der Waals surface area contributed by atoms with Gasteiger partial charge in [0.1, 0.15) is 24.2 Å². The van der Waals surface area contributed by atoms with Gasteiger partial charge in [0, 0.05) is 19.4 Å². The number of aromatic nitrogens is 2. The first-order valence-electron chi connectivity index (χ1n) is 7.84. The second kappa shape index (κ2) is 7.60. The van der Waals surface area contributed by atoms with E-state index in [2.05, 4.69) is 10.3 Å². The van der Waals surface area contributed by atoms with Gasteiger partial charge in [-0.1, -0.05) is 12.1 Å². The molecule has 1 fully saturated rings. The Labute approximate surface area is 150 Å². The van der Waals surface area contributed by atoms with E-state index in [1.54, 1.807) is 18.2 Å². The highest BCUT2D eigenvalue weighted by Crippen LogP contribution is 2.23. The molecular weight excluding hydrogens is 340 g/mol. The van der Waals surface area contributed by atoms with E-state index in [1.165, 1.54) is 11.8 Å². The Morgan fingerprint density at radius 2 is 2.16 bits per heavy atom. The number of imidazole rings is 1. The van der Waals surface area contributed by atoms with Crippen LogP contribution in [0, 0.1) is 0 Å². The van der Waals surface area contributed by atoms with Crippen LogP contribution in [0.1, 0.15) is 17.4 Å². The van der Waals surface area contributed by atoms with Crippen LogP contribution in [0.3, 0.4) is 0 Å². The molecule has 2 heterocycles. The van der Waals surface area contributed by atoms with Crippen LogP contribution < -0.4 is 10.1 Å². The van der Waals surface area contributed by atoms with Crippen LogP contribution in [0.4, 0.5) is 0 Å². The molecular formula is C17H20N4O3S. The number of hydrogen-bond donors (Lipinski definition) is 1. The average molecular weight is 360 g/mol. The number of benzene rings is 1. The zero-order chi connectivity index (χ0) is 17.8. The number of nitrogens with zero attached hydrogens (tertiary/aromatic N) is 3. The molecule has 0 bridgehead atoms. The van der Waals surface area contributed by atoms with Gasteiger partial charge in [-0.25, -0.2) is 4.98 Å². The summed E-state index contributed by atoms with van der Waals surface area (Å²) in [5, 5.41) is 3.00. The van der Waals surface area contributed by atoms with Gasteiger partial charge in [-0.3, -0.25) is 9.59 Å². The van der Waals surface area contributed by atoms with Crippen molar-refractivity contribution in [3.8, 4) is 5.75 Å². The third-order valence-corrected chi connectivity index (χ3v) is 4.98. The fourth-order valence-corrected chi connectivity index (χ4v) is 3.57. The molecule has 0 saturated carbocycles. The fourth-order valence-electron chi connectivity index (χ4n) is 2.67. The van der Waals surface area contributed by atoms with Gasteiger partial charge in [-0.15, -0.1) is 11.8 Å². The van der Waals surface area contributed by atoms with Crippen molar-refractivity contribution < 1.29 is 14.3 Å². The van der Waals surface area contributed by atoms with Gasteiger partial charge in [0.25, 0.3) is 0 Å². The lowest BCUT2D eigenvalue weighted by Gasteiger charge is -2.21. The van der Waals surface area contributed by atoms with Crippen molar-refractivity contribution in [1.29, 1.82) is 0 Å². The highest BCUT2D eigenvalue weighted by Gasteiger charge is 2.26. The van der Waals surface area contributed by atoms with Crippen molar-refractivity contribution in [1.82, 2.24) is 19.8 Å². The molecule has 0 spiro atoms. The molecule has 1 aromatic carbocycles. The largest absolute Gasteiger partial charge is 0.497 e. The zero-order valence-corrected chi connectivity index (χ0v) is 15.0. The highest BCUT2D eigenvalue weighted by atomic mass is 32.2. The molecule has 3 rings (SSSR count). The Balaban J connectivity index is 1.80. The molecule has 1 atom stereocenters. The summed E-state index contributed by atoms with van der Waals surface area (Å²) >= 11 is 1.52. The number of nitrogens with one attached hydrogen (secondary N) is 1. The minimum Gasteiger partial charge on any atom is -0.497 e. The van der Waals surface area contributed by atoms with E-state index in [-0.39, 0.29) is 18.4 Å². The summed E-state index contributed by atoms with van der Waals surface area (Å²) in [5.74, 6) is 2.25. The lowest BCUT2D eigenvalue weighted by molar-refractivity contribution is -0.132. The topological polar surface area (TPSA) is 76.5 Å². The van der Waals surface area contributed by atoms with Crippen LogP contribution in [-0.4, -0.2) is 51.5 Å². The molecule has 2 amide bonds. The van der Waals surface area contributed by atoms with E-state index in [1.807, 2.05) is 42.1 Å². The third-order valence-electron chi connectivity index (χ3n) is 4.03. The molecule has 8 heteroatoms. The Bertz CT molecular complexity index is 760. The molecule has 25 heavy (non-hydrogen) atoms. The smallest absolute Gasteiger partial charge is 0.240 e. The first-order valence-corrected chi connectivity index (χ1v) is 9.00. The number of methoxy groups -OCH3 is 1. The lowest BCUT2D eigenvalue weighted by Crippen LogP contribution is -2.40. The van der Waals surface area contributed by atoms with Crippen LogP contribution in [0.2, 0.25) is 0 Å². The van der Waals surface area contributed by atoms with Gasteiger partial charge in [-0.2, -0.15) is 0 Å². The van der Waals surface area contributed by atoms with Gasteiger partial charge >= 0.3 is 0 Å². The molecule has 1 aliphatic heterocycles. The SMILES string of the molecule is COc1ccc(C(NC(=O)CN2CSCC2=O)c2nccn2C)cc1. The summed E-state index contributed by atoms with van der Waals surface area (Å²) < 4.78 is 7.06. The maximum atomic E-state index is 12.5. The molecule has 0 aliphatic carbocycles. The van der Waals surface area contributed by atoms with Crippen molar-refractivity contribution in [2.75, 3.05) is 25.3 Å². The molecule has 1 unspecified atom stereocenters. The van der Waals surface area contributed by atoms with Crippen LogP contribution in [0.25, 0.3) is 0 Å². The Hall–Kier alpha value is -2.48. The normalized spacial score (nSPS) is 15.3. The number of thioether (sulfide) groups is 1. The summed E-state index contributed by atoms with van der Waals surface area (Å²) in [4.78, 5) is 30.1. The highest BCUT2D eigenvalue weighted by molar-refractivity contribution is 8.00. The molecule has 1 aliphatic rings. The van der Waals surface area contributed by atoms with Gasteiger partial charge < -0.3 is 19.5 Å². The monoisotopic (exact) mass is 360 g/mol. The number of carbonyl (C=O) groups excluding carboxylic acids is 2. The molecule has 1 saturated heterocycles. The maximum Gasteiger partial charge on any atom is 0.240 e. The van der Waals surface area contributed by atoms with Gasteiger partial charge in [0.15, 0.2) is 0 Å². The molecule has 0 radical (unpaired) electrons. The van der Waals surface area contributed by atoms with E-state index in [0.29, 0.717) is 11.6 Å². The van der Waals surface area contributed by atoms with Crippen LogP contribution in [-0.2, 0) is 16.6 Å². The Morgan fingerprint density at radius 3 is 2.72 bits per heavy atom. The lowest BCUT2D eigenvalue weighted by atomic mass is 10.1. The van der Waals surface area contributed by atoms with Gasteiger partial charge in [-0.05, 0) is 17.7 Å². The minimum absolute atomic E-state index is 0.00172. The van der Waals surface area contributed by atoms with Crippen molar-refractivity contribution in [2.45, 2.75) is 6.04 Å². The first kappa shape index (κ1) is 17.3. The zero-order valence-electron chi connectivity index (χ0n) is 14.1. The molecule has 132 valence electrons. The van der Waals surface area contributed by atoms with Crippen LogP contribution in [0.15, 0.2) is 36.7 Å². The first-order chi connectivity index (χ1) is 12.1. The summed E-state index contributed by atoms with van der Waals surface area (Å²) in [5.41, 5.74) is 0.894. The standard InChI is InChI=1S/C17H20N4O3S/c1-20-8-7-18-17(20)16(12-3-5-13(24-2)6-4-12)19-14(22)9-21-11-25-10-15(21)23/h3-8,16H,9-11H2,1-2H3,(H,19,22). The summed E-state index contributed by atoms with van der Waals surface area (Å²) in [6, 6.07) is 7.09. The van der Waals surface area contributed by atoms with Gasteiger partial charge in [0.2, 0.25) is 11.8 Å². The summed E-state index contributed by atoms with van der Waals surface area (Å²) in [6.07, 6.45) is 3.53. The predicted octanol–water partition coefficient (Wildman–Crippen LogP) is 1.17. The molecule has 1 N–H and O–H groups in total. The summed E-state index contributed by atoms with van der Waals surface area (Å²) in [6.45, 7) is 0.0584. The van der Waals surface area contributed by atoms with Crippen LogP contribution >= 0.6 is 11.8 Å². The van der Waals surface area contributed by atoms with E-state index in [4.69, 9.17) is 4.74 Å². The average Bonchev–Trinajstić information content (AvgIpc) is 3.21. The number of carbonyl (C=O) groups is 2. The fraction of sp³-hybridized carbons (Fsp3) is 0.353. The minimum atomic E-state index is -0.399. The summed E-state index contributed by atoms with van der Waals surface area (Å²) in [7, 11) is 3.49. The maximum absolute atomic E-state index is 12.5. The van der Waals surface area contributed by atoms with E-state index >= 15 is 0 Å². The molecule has 2 aromatic rings. The number of rotatable bonds is 6. The quantitative estimate of drug-likeness (QED) is 0.837. The van der Waals surface area contributed by atoms with Crippen molar-refractivity contribution in [3.63, 3.8) is 0 Å². The second-order valence-corrected chi connectivity index (χ2v) is 6.69. The Morgan fingerprint density at radius 1 is 1.40 bits per heavy atom. The number of ether oxygens (including phenoxy) is 1. The second-order valence-electron chi connectivity index (χ2n) is 5.74. The van der Waals surface area contributed by atoms with Crippen molar-refractivity contribution >= 4 is 23.6 Å². The third kappa shape index (κ3) is 3.96. The number of aryl methyl sites for hydroxylation is 1. The number of hydrogen-bond acceptors (Lipinski definition) is 5. The van der Waals surface area contributed by atoms with Crippen molar-refractivity contribution in [2.24, 2.45) is 7.05 Å². The van der Waals surface area contributed by atoms with E-state index in [0.717, 1.165) is 17.1 Å². The van der Waals surface area contributed by atoms with Gasteiger partial charge in [0.05, 0.1) is 18.7 Å². The van der Waals surface area contributed by atoms with E-state index in [9.17, 15) is 9.59 Å². The number of amides is 2. The molecule has 1 aromatic heterocycles. The van der Waals surface area contributed by atoms with E-state index < -0.39 is 6.04 Å². The predicted molar refractivity (Wildman–Crippen MR) is 95.2 cm³/mol.